The molecule has 1 unspecified atom stereocenters. The maximum absolute atomic E-state index is 10.2. The molecule has 0 heterocycles. The van der Waals surface area contributed by atoms with Crippen LogP contribution in [-0.2, 0) is 0 Å². The minimum Gasteiger partial charge on any atom is -0.385 e. The Morgan fingerprint density at radius 1 is 1.33 bits per heavy atom. The van der Waals surface area contributed by atoms with Crippen molar-refractivity contribution in [1.82, 2.24) is 0 Å². The lowest BCUT2D eigenvalue weighted by Crippen LogP contribution is -2.40. The summed E-state index contributed by atoms with van der Waals surface area (Å²) in [6.07, 6.45) is 4.67. The van der Waals surface area contributed by atoms with Gasteiger partial charge in [0.15, 0.2) is 0 Å². The number of hydrogen-bond donors (Lipinski definition) is 1. The molecule has 0 spiro atoms. The van der Waals surface area contributed by atoms with Crippen LogP contribution in [-0.4, -0.2) is 10.7 Å². The van der Waals surface area contributed by atoms with E-state index in [1.807, 2.05) is 20.8 Å². The zero-order valence-electron chi connectivity index (χ0n) is 8.85. The predicted molar refractivity (Wildman–Crippen MR) is 54.1 cm³/mol. The lowest BCUT2D eigenvalue weighted by molar-refractivity contribution is -0.0220. The van der Waals surface area contributed by atoms with Crippen molar-refractivity contribution in [2.75, 3.05) is 0 Å². The van der Waals surface area contributed by atoms with Crippen LogP contribution in [0.1, 0.15) is 47.0 Å². The van der Waals surface area contributed by atoms with Crippen LogP contribution in [0.2, 0.25) is 0 Å². The van der Waals surface area contributed by atoms with Crippen molar-refractivity contribution in [2.45, 2.75) is 52.6 Å². The van der Waals surface area contributed by atoms with Gasteiger partial charge in [0.05, 0.1) is 5.60 Å². The van der Waals surface area contributed by atoms with E-state index in [1.165, 1.54) is 0 Å². The third kappa shape index (κ3) is 2.63. The quantitative estimate of drug-likeness (QED) is 0.643. The summed E-state index contributed by atoms with van der Waals surface area (Å²) in [6.45, 7) is 12.0. The summed E-state index contributed by atoms with van der Waals surface area (Å²) in [4.78, 5) is 0. The van der Waals surface area contributed by atoms with Crippen LogP contribution in [0.4, 0.5) is 0 Å². The number of hydrogen-bond acceptors (Lipinski definition) is 1. The van der Waals surface area contributed by atoms with E-state index in [2.05, 4.69) is 13.5 Å². The molecule has 0 aliphatic carbocycles. The highest BCUT2D eigenvalue weighted by Crippen LogP contribution is 2.35. The molecule has 0 bridgehead atoms. The molecule has 0 aromatic rings. The topological polar surface area (TPSA) is 20.2 Å². The van der Waals surface area contributed by atoms with Crippen LogP contribution >= 0.6 is 0 Å². The van der Waals surface area contributed by atoms with Gasteiger partial charge in [-0.05, 0) is 11.8 Å². The smallest absolute Gasteiger partial charge is 0.0873 e. The normalized spacial score (nSPS) is 17.1. The van der Waals surface area contributed by atoms with Gasteiger partial charge in [0.25, 0.3) is 0 Å². The molecule has 0 radical (unpaired) electrons. The molecule has 0 aromatic carbocycles. The van der Waals surface area contributed by atoms with Gasteiger partial charge in [0.2, 0.25) is 0 Å². The van der Waals surface area contributed by atoms with Crippen molar-refractivity contribution in [3.8, 4) is 0 Å². The fourth-order valence-electron chi connectivity index (χ4n) is 1.23. The van der Waals surface area contributed by atoms with E-state index in [0.717, 1.165) is 19.3 Å². The van der Waals surface area contributed by atoms with Gasteiger partial charge in [-0.3, -0.25) is 0 Å². The third-order valence-corrected chi connectivity index (χ3v) is 2.55. The van der Waals surface area contributed by atoms with Gasteiger partial charge in [-0.1, -0.05) is 46.6 Å². The van der Waals surface area contributed by atoms with Crippen molar-refractivity contribution < 1.29 is 5.11 Å². The molecule has 1 atom stereocenters. The zero-order valence-corrected chi connectivity index (χ0v) is 8.85. The summed E-state index contributed by atoms with van der Waals surface area (Å²) < 4.78 is 0. The Labute approximate surface area is 76.5 Å². The summed E-state index contributed by atoms with van der Waals surface area (Å²) in [5.74, 6) is 0. The first-order chi connectivity index (χ1) is 5.37. The third-order valence-electron chi connectivity index (χ3n) is 2.55. The first-order valence-corrected chi connectivity index (χ1v) is 4.73. The highest BCUT2D eigenvalue weighted by Gasteiger charge is 2.36. The SMILES string of the molecule is C=CC(O)(CCCC)C(C)(C)C. The zero-order chi connectivity index (χ0) is 9.83. The number of aliphatic hydroxyl groups is 1. The lowest BCUT2D eigenvalue weighted by Gasteiger charge is -2.37. The van der Waals surface area contributed by atoms with Crippen molar-refractivity contribution >= 4 is 0 Å². The molecule has 0 amide bonds. The molecule has 72 valence electrons. The minimum absolute atomic E-state index is 0.107. The molecule has 1 nitrogen and oxygen atoms in total. The van der Waals surface area contributed by atoms with Gasteiger partial charge in [0.1, 0.15) is 0 Å². The Kier molecular flexibility index (Phi) is 3.98. The first-order valence-electron chi connectivity index (χ1n) is 4.73. The van der Waals surface area contributed by atoms with Gasteiger partial charge in [-0.2, -0.15) is 0 Å². The Morgan fingerprint density at radius 2 is 1.83 bits per heavy atom. The fourth-order valence-corrected chi connectivity index (χ4v) is 1.23. The average molecular weight is 170 g/mol. The molecule has 12 heavy (non-hydrogen) atoms. The molecule has 0 saturated heterocycles. The molecular weight excluding hydrogens is 148 g/mol. The van der Waals surface area contributed by atoms with Gasteiger partial charge in [-0.15, -0.1) is 6.58 Å². The van der Waals surface area contributed by atoms with E-state index in [1.54, 1.807) is 6.08 Å². The van der Waals surface area contributed by atoms with E-state index < -0.39 is 5.60 Å². The van der Waals surface area contributed by atoms with Crippen LogP contribution in [0.5, 0.6) is 0 Å². The highest BCUT2D eigenvalue weighted by molar-refractivity contribution is 5.03. The minimum atomic E-state index is -0.705. The monoisotopic (exact) mass is 170 g/mol. The van der Waals surface area contributed by atoms with E-state index >= 15 is 0 Å². The van der Waals surface area contributed by atoms with Crippen LogP contribution < -0.4 is 0 Å². The summed E-state index contributed by atoms with van der Waals surface area (Å²) in [5.41, 5.74) is -0.813. The summed E-state index contributed by atoms with van der Waals surface area (Å²) in [7, 11) is 0. The second kappa shape index (κ2) is 4.08. The summed E-state index contributed by atoms with van der Waals surface area (Å²) >= 11 is 0. The molecule has 0 aliphatic rings. The van der Waals surface area contributed by atoms with E-state index in [4.69, 9.17) is 0 Å². The predicted octanol–water partition coefficient (Wildman–Crippen LogP) is 3.14. The molecule has 1 heteroatoms. The Bertz CT molecular complexity index is 144. The van der Waals surface area contributed by atoms with E-state index in [0.29, 0.717) is 0 Å². The van der Waals surface area contributed by atoms with Crippen molar-refractivity contribution in [1.29, 1.82) is 0 Å². The van der Waals surface area contributed by atoms with Gasteiger partial charge >= 0.3 is 0 Å². The van der Waals surface area contributed by atoms with Crippen molar-refractivity contribution in [3.05, 3.63) is 12.7 Å². The van der Waals surface area contributed by atoms with Gasteiger partial charge < -0.3 is 5.11 Å². The molecule has 0 fully saturated rings. The Balaban J connectivity index is 4.35. The van der Waals surface area contributed by atoms with Crippen LogP contribution in [0, 0.1) is 5.41 Å². The largest absolute Gasteiger partial charge is 0.385 e. The second-order valence-corrected chi connectivity index (χ2v) is 4.48. The Morgan fingerprint density at radius 3 is 2.08 bits per heavy atom. The molecule has 0 aliphatic heterocycles. The molecule has 0 rings (SSSR count). The summed E-state index contributed by atoms with van der Waals surface area (Å²) in [6, 6.07) is 0. The molecule has 0 aromatic heterocycles. The summed E-state index contributed by atoms with van der Waals surface area (Å²) in [5, 5.41) is 10.2. The number of unbranched alkanes of at least 4 members (excludes halogenated alkanes) is 1. The van der Waals surface area contributed by atoms with Crippen LogP contribution in [0.3, 0.4) is 0 Å². The second-order valence-electron chi connectivity index (χ2n) is 4.48. The van der Waals surface area contributed by atoms with E-state index in [9.17, 15) is 5.11 Å². The van der Waals surface area contributed by atoms with Gasteiger partial charge in [-0.25, -0.2) is 0 Å². The van der Waals surface area contributed by atoms with Crippen molar-refractivity contribution in [3.63, 3.8) is 0 Å². The fraction of sp³-hybridized carbons (Fsp3) is 0.818. The lowest BCUT2D eigenvalue weighted by atomic mass is 9.74. The van der Waals surface area contributed by atoms with Gasteiger partial charge in [0, 0.05) is 0 Å². The highest BCUT2D eigenvalue weighted by atomic mass is 16.3. The molecular formula is C11H22O. The van der Waals surface area contributed by atoms with E-state index in [-0.39, 0.29) is 5.41 Å². The average Bonchev–Trinajstić information content (AvgIpc) is 1.98. The van der Waals surface area contributed by atoms with Crippen molar-refractivity contribution in [2.24, 2.45) is 5.41 Å². The number of rotatable bonds is 4. The Hall–Kier alpha value is -0.300. The molecule has 0 saturated carbocycles. The maximum Gasteiger partial charge on any atom is 0.0873 e. The standard InChI is InChI=1S/C11H22O/c1-6-8-9-11(12,7-2)10(3,4)5/h7,12H,2,6,8-9H2,1,3-5H3. The first kappa shape index (κ1) is 11.7. The molecule has 1 N–H and O–H groups in total. The maximum atomic E-state index is 10.2. The van der Waals surface area contributed by atoms with Crippen LogP contribution in [0.15, 0.2) is 12.7 Å². The van der Waals surface area contributed by atoms with Crippen LogP contribution in [0.25, 0.3) is 0 Å².